The molecule has 1 aromatic rings. The van der Waals surface area contributed by atoms with Crippen molar-refractivity contribution < 1.29 is 4.74 Å². The first kappa shape index (κ1) is 8.78. The first-order valence-electron chi connectivity index (χ1n) is 5.52. The summed E-state index contributed by atoms with van der Waals surface area (Å²) in [6, 6.07) is 6.65. The Hall–Kier alpha value is -1.50. The van der Waals surface area contributed by atoms with E-state index in [1.807, 2.05) is 0 Å². The normalized spacial score (nSPS) is 22.5. The van der Waals surface area contributed by atoms with Gasteiger partial charge in [0, 0.05) is 12.3 Å². The lowest BCUT2D eigenvalue weighted by atomic mass is 9.92. The SMILES string of the molecule is C1=CCC(c2ccc3c(c2)OCC3)C=C1. The maximum atomic E-state index is 5.59. The predicted octanol–water partition coefficient (Wildman–Crippen LogP) is 3.22. The van der Waals surface area contributed by atoms with Crippen molar-refractivity contribution in [1.29, 1.82) is 0 Å². The average molecular weight is 198 g/mol. The van der Waals surface area contributed by atoms with E-state index in [0.29, 0.717) is 5.92 Å². The van der Waals surface area contributed by atoms with Crippen molar-refractivity contribution in [3.63, 3.8) is 0 Å². The fourth-order valence-electron chi connectivity index (χ4n) is 2.24. The monoisotopic (exact) mass is 198 g/mol. The number of hydrogen-bond donors (Lipinski definition) is 0. The van der Waals surface area contributed by atoms with Gasteiger partial charge < -0.3 is 4.74 Å². The lowest BCUT2D eigenvalue weighted by Crippen LogP contribution is -1.96. The molecule has 0 radical (unpaired) electrons. The third kappa shape index (κ3) is 1.58. The summed E-state index contributed by atoms with van der Waals surface area (Å²) in [6.45, 7) is 0.846. The van der Waals surface area contributed by atoms with Crippen LogP contribution in [-0.2, 0) is 6.42 Å². The summed E-state index contributed by atoms with van der Waals surface area (Å²) < 4.78 is 5.59. The maximum Gasteiger partial charge on any atom is 0.122 e. The smallest absolute Gasteiger partial charge is 0.122 e. The highest BCUT2D eigenvalue weighted by atomic mass is 16.5. The summed E-state index contributed by atoms with van der Waals surface area (Å²) in [5, 5.41) is 0. The maximum absolute atomic E-state index is 5.59. The molecule has 0 spiro atoms. The molecule has 15 heavy (non-hydrogen) atoms. The van der Waals surface area contributed by atoms with Crippen molar-refractivity contribution in [3.05, 3.63) is 53.6 Å². The van der Waals surface area contributed by atoms with Crippen LogP contribution in [0.5, 0.6) is 5.75 Å². The highest BCUT2D eigenvalue weighted by Crippen LogP contribution is 2.32. The van der Waals surface area contributed by atoms with E-state index < -0.39 is 0 Å². The fraction of sp³-hybridized carbons (Fsp3) is 0.286. The summed E-state index contributed by atoms with van der Waals surface area (Å²) in [7, 11) is 0. The zero-order chi connectivity index (χ0) is 10.1. The molecule has 0 bridgehead atoms. The zero-order valence-electron chi connectivity index (χ0n) is 8.65. The summed E-state index contributed by atoms with van der Waals surface area (Å²) in [6.07, 6.45) is 10.9. The van der Waals surface area contributed by atoms with Crippen LogP contribution in [0.3, 0.4) is 0 Å². The summed E-state index contributed by atoms with van der Waals surface area (Å²) in [5.41, 5.74) is 2.73. The van der Waals surface area contributed by atoms with Gasteiger partial charge in [-0.05, 0) is 23.6 Å². The number of benzene rings is 1. The van der Waals surface area contributed by atoms with Crippen molar-refractivity contribution in [1.82, 2.24) is 0 Å². The predicted molar refractivity (Wildman–Crippen MR) is 61.3 cm³/mol. The van der Waals surface area contributed by atoms with E-state index in [2.05, 4.69) is 42.5 Å². The Bertz CT molecular complexity index is 429. The lowest BCUT2D eigenvalue weighted by Gasteiger charge is -2.14. The van der Waals surface area contributed by atoms with Crippen LogP contribution in [-0.4, -0.2) is 6.61 Å². The lowest BCUT2D eigenvalue weighted by molar-refractivity contribution is 0.356. The Morgan fingerprint density at radius 1 is 1.20 bits per heavy atom. The summed E-state index contributed by atoms with van der Waals surface area (Å²) in [4.78, 5) is 0. The third-order valence-electron chi connectivity index (χ3n) is 3.13. The Kier molecular flexibility index (Phi) is 2.09. The van der Waals surface area contributed by atoms with Gasteiger partial charge in [-0.25, -0.2) is 0 Å². The van der Waals surface area contributed by atoms with E-state index >= 15 is 0 Å². The number of rotatable bonds is 1. The second kappa shape index (κ2) is 3.58. The molecule has 1 heteroatoms. The molecule has 0 saturated heterocycles. The highest BCUT2D eigenvalue weighted by molar-refractivity contribution is 5.42. The molecule has 3 rings (SSSR count). The molecule has 0 N–H and O–H groups in total. The molecule has 0 aromatic heterocycles. The van der Waals surface area contributed by atoms with Gasteiger partial charge in [-0.15, -0.1) is 0 Å². The second-order valence-electron chi connectivity index (χ2n) is 4.12. The van der Waals surface area contributed by atoms with Gasteiger partial charge in [0.05, 0.1) is 6.61 Å². The van der Waals surface area contributed by atoms with E-state index in [1.54, 1.807) is 0 Å². The topological polar surface area (TPSA) is 9.23 Å². The van der Waals surface area contributed by atoms with Gasteiger partial charge in [0.2, 0.25) is 0 Å². The number of ether oxygens (including phenoxy) is 1. The van der Waals surface area contributed by atoms with Gasteiger partial charge in [-0.3, -0.25) is 0 Å². The standard InChI is InChI=1S/C14H14O/c1-2-4-11(5-3-1)13-7-6-12-8-9-15-14(12)10-13/h1-4,6-7,10-11H,5,8-9H2. The minimum Gasteiger partial charge on any atom is -0.493 e. The number of fused-ring (bicyclic) bond motifs is 1. The number of allylic oxidation sites excluding steroid dienone is 4. The van der Waals surface area contributed by atoms with Crippen molar-refractivity contribution in [2.24, 2.45) is 0 Å². The molecule has 1 atom stereocenters. The Morgan fingerprint density at radius 2 is 2.20 bits per heavy atom. The van der Waals surface area contributed by atoms with Gasteiger partial charge in [0.15, 0.2) is 0 Å². The van der Waals surface area contributed by atoms with Crippen LogP contribution in [0.2, 0.25) is 0 Å². The molecule has 0 amide bonds. The third-order valence-corrected chi connectivity index (χ3v) is 3.13. The molecule has 1 unspecified atom stereocenters. The van der Waals surface area contributed by atoms with Crippen molar-refractivity contribution in [2.45, 2.75) is 18.8 Å². The van der Waals surface area contributed by atoms with E-state index in [4.69, 9.17) is 4.74 Å². The molecular formula is C14H14O. The van der Waals surface area contributed by atoms with E-state index in [9.17, 15) is 0 Å². The molecule has 0 saturated carbocycles. The van der Waals surface area contributed by atoms with Crippen LogP contribution in [0.4, 0.5) is 0 Å². The van der Waals surface area contributed by atoms with Crippen molar-refractivity contribution >= 4 is 0 Å². The minimum atomic E-state index is 0.532. The van der Waals surface area contributed by atoms with E-state index in [0.717, 1.165) is 25.2 Å². The average Bonchev–Trinajstić information content (AvgIpc) is 2.77. The molecule has 1 nitrogen and oxygen atoms in total. The van der Waals surface area contributed by atoms with E-state index in [1.165, 1.54) is 11.1 Å². The van der Waals surface area contributed by atoms with Gasteiger partial charge in [0.1, 0.15) is 5.75 Å². The summed E-state index contributed by atoms with van der Waals surface area (Å²) in [5.74, 6) is 1.62. The molecule has 1 aliphatic carbocycles. The summed E-state index contributed by atoms with van der Waals surface area (Å²) >= 11 is 0. The van der Waals surface area contributed by atoms with Crippen LogP contribution in [0.25, 0.3) is 0 Å². The van der Waals surface area contributed by atoms with Gasteiger partial charge in [-0.1, -0.05) is 36.4 Å². The van der Waals surface area contributed by atoms with Gasteiger partial charge >= 0.3 is 0 Å². The van der Waals surface area contributed by atoms with Gasteiger partial charge in [0.25, 0.3) is 0 Å². The van der Waals surface area contributed by atoms with E-state index in [-0.39, 0.29) is 0 Å². The molecule has 76 valence electrons. The van der Waals surface area contributed by atoms with Crippen molar-refractivity contribution in [2.75, 3.05) is 6.61 Å². The molecule has 1 aromatic carbocycles. The van der Waals surface area contributed by atoms with Crippen LogP contribution in [0, 0.1) is 0 Å². The molecule has 1 aliphatic heterocycles. The Balaban J connectivity index is 1.92. The first-order valence-corrected chi connectivity index (χ1v) is 5.52. The quantitative estimate of drug-likeness (QED) is 0.673. The first-order chi connectivity index (χ1) is 7.43. The fourth-order valence-corrected chi connectivity index (χ4v) is 2.24. The van der Waals surface area contributed by atoms with Crippen LogP contribution < -0.4 is 4.74 Å². The molecular weight excluding hydrogens is 184 g/mol. The minimum absolute atomic E-state index is 0.532. The van der Waals surface area contributed by atoms with Crippen molar-refractivity contribution in [3.8, 4) is 5.75 Å². The Labute approximate surface area is 90.1 Å². The zero-order valence-corrected chi connectivity index (χ0v) is 8.65. The van der Waals surface area contributed by atoms with Crippen LogP contribution in [0.15, 0.2) is 42.5 Å². The molecule has 1 heterocycles. The highest BCUT2D eigenvalue weighted by Gasteiger charge is 2.15. The van der Waals surface area contributed by atoms with Crippen LogP contribution >= 0.6 is 0 Å². The largest absolute Gasteiger partial charge is 0.493 e. The second-order valence-corrected chi connectivity index (χ2v) is 4.12. The molecule has 0 fully saturated rings. The Morgan fingerprint density at radius 3 is 3.07 bits per heavy atom. The van der Waals surface area contributed by atoms with Gasteiger partial charge in [-0.2, -0.15) is 0 Å². The number of hydrogen-bond acceptors (Lipinski definition) is 1. The van der Waals surface area contributed by atoms with Crippen LogP contribution in [0.1, 0.15) is 23.5 Å². The molecule has 2 aliphatic rings.